The van der Waals surface area contributed by atoms with Crippen molar-refractivity contribution in [2.75, 3.05) is 0 Å². The molecule has 0 aliphatic carbocycles. The highest BCUT2D eigenvalue weighted by Crippen LogP contribution is 2.28. The molecular weight excluding hydrogens is 300 g/mol. The van der Waals surface area contributed by atoms with E-state index >= 15 is 0 Å². The van der Waals surface area contributed by atoms with Gasteiger partial charge in [0.1, 0.15) is 6.29 Å². The molecule has 0 saturated carbocycles. The Kier molecular flexibility index (Phi) is 3.51. The molecule has 0 saturated heterocycles. The van der Waals surface area contributed by atoms with E-state index in [1.165, 1.54) is 0 Å². The van der Waals surface area contributed by atoms with Gasteiger partial charge in [-0.25, -0.2) is 9.36 Å². The van der Waals surface area contributed by atoms with Crippen LogP contribution < -0.4 is 0 Å². The molecule has 0 amide bonds. The molecular formula is C19H14N4O. The minimum Gasteiger partial charge on any atom is -0.298 e. The molecule has 4 rings (SSSR count). The van der Waals surface area contributed by atoms with E-state index in [0.717, 1.165) is 28.8 Å². The lowest BCUT2D eigenvalue weighted by molar-refractivity contribution is 0.112. The molecule has 2 aromatic heterocycles. The first-order chi connectivity index (χ1) is 11.8. The summed E-state index contributed by atoms with van der Waals surface area (Å²) >= 11 is 0. The van der Waals surface area contributed by atoms with E-state index in [1.54, 1.807) is 27.8 Å². The fraction of sp³-hybridized carbons (Fsp3) is 0. The lowest BCUT2D eigenvalue weighted by atomic mass is 10.0. The first-order valence-corrected chi connectivity index (χ1v) is 7.55. The third kappa shape index (κ3) is 2.52. The van der Waals surface area contributed by atoms with E-state index in [2.05, 4.69) is 10.2 Å². The number of nitrogens with zero attached hydrogens (tertiary/aromatic N) is 4. The van der Waals surface area contributed by atoms with Gasteiger partial charge in [0.25, 0.3) is 0 Å². The van der Waals surface area contributed by atoms with Crippen LogP contribution in [0.1, 0.15) is 10.4 Å². The standard InChI is InChI=1S/C19H14N4O/c24-14-15-3-8-19(23-12-2-10-21-23)18(13-15)16-4-6-17(7-5-16)22-11-1-9-20-22/h1-14H. The van der Waals surface area contributed by atoms with Crippen molar-refractivity contribution in [3.63, 3.8) is 0 Å². The molecule has 0 spiro atoms. The van der Waals surface area contributed by atoms with Crippen LogP contribution in [0.2, 0.25) is 0 Å². The monoisotopic (exact) mass is 314 g/mol. The first kappa shape index (κ1) is 14.1. The van der Waals surface area contributed by atoms with Crippen molar-refractivity contribution in [1.29, 1.82) is 0 Å². The van der Waals surface area contributed by atoms with Crippen LogP contribution in [0.3, 0.4) is 0 Å². The summed E-state index contributed by atoms with van der Waals surface area (Å²) in [4.78, 5) is 11.2. The summed E-state index contributed by atoms with van der Waals surface area (Å²) < 4.78 is 3.60. The van der Waals surface area contributed by atoms with E-state index in [9.17, 15) is 4.79 Å². The number of carbonyl (C=O) groups excluding carboxylic acids is 1. The summed E-state index contributed by atoms with van der Waals surface area (Å²) in [5.74, 6) is 0. The molecule has 0 N–H and O–H groups in total. The molecule has 0 aliphatic rings. The zero-order valence-corrected chi connectivity index (χ0v) is 12.8. The summed E-state index contributed by atoms with van der Waals surface area (Å²) in [5.41, 5.74) is 4.51. The highest BCUT2D eigenvalue weighted by molar-refractivity contribution is 5.82. The second kappa shape index (κ2) is 5.96. The third-order valence-corrected chi connectivity index (χ3v) is 3.86. The van der Waals surface area contributed by atoms with Gasteiger partial charge in [0.05, 0.1) is 11.4 Å². The van der Waals surface area contributed by atoms with Crippen LogP contribution in [0, 0.1) is 0 Å². The summed E-state index contributed by atoms with van der Waals surface area (Å²) in [6, 6.07) is 17.4. The lowest BCUT2D eigenvalue weighted by Crippen LogP contribution is -1.99. The minimum atomic E-state index is 0.636. The Labute approximate surface area is 138 Å². The first-order valence-electron chi connectivity index (χ1n) is 7.55. The number of hydrogen-bond donors (Lipinski definition) is 0. The van der Waals surface area contributed by atoms with Gasteiger partial charge in [-0.1, -0.05) is 12.1 Å². The SMILES string of the molecule is O=Cc1ccc(-n2cccn2)c(-c2ccc(-n3cccn3)cc2)c1. The quantitative estimate of drug-likeness (QED) is 0.541. The average molecular weight is 314 g/mol. The maximum absolute atomic E-state index is 11.2. The Morgan fingerprint density at radius 2 is 1.54 bits per heavy atom. The molecule has 2 heterocycles. The molecule has 24 heavy (non-hydrogen) atoms. The number of aromatic nitrogens is 4. The smallest absolute Gasteiger partial charge is 0.150 e. The highest BCUT2D eigenvalue weighted by atomic mass is 16.1. The van der Waals surface area contributed by atoms with Crippen LogP contribution >= 0.6 is 0 Å². The molecule has 0 atom stereocenters. The normalized spacial score (nSPS) is 10.7. The van der Waals surface area contributed by atoms with Crippen molar-refractivity contribution in [2.24, 2.45) is 0 Å². The molecule has 5 heteroatoms. The lowest BCUT2D eigenvalue weighted by Gasteiger charge is -2.11. The fourth-order valence-corrected chi connectivity index (χ4v) is 2.68. The predicted molar refractivity (Wildman–Crippen MR) is 91.5 cm³/mol. The van der Waals surface area contributed by atoms with Gasteiger partial charge in [0.2, 0.25) is 0 Å². The summed E-state index contributed by atoms with van der Waals surface area (Å²) in [7, 11) is 0. The molecule has 2 aromatic carbocycles. The molecule has 0 fully saturated rings. The Hall–Kier alpha value is -3.47. The summed E-state index contributed by atoms with van der Waals surface area (Å²) in [6.45, 7) is 0. The summed E-state index contributed by atoms with van der Waals surface area (Å²) in [6.07, 6.45) is 8.12. The van der Waals surface area contributed by atoms with Gasteiger partial charge in [-0.2, -0.15) is 10.2 Å². The number of carbonyl (C=O) groups is 1. The third-order valence-electron chi connectivity index (χ3n) is 3.86. The molecule has 5 nitrogen and oxygen atoms in total. The number of hydrogen-bond acceptors (Lipinski definition) is 3. The van der Waals surface area contributed by atoms with Gasteiger partial charge in [0, 0.05) is 35.9 Å². The Morgan fingerprint density at radius 1 is 0.833 bits per heavy atom. The maximum atomic E-state index is 11.2. The van der Waals surface area contributed by atoms with Crippen LogP contribution in [0.4, 0.5) is 0 Å². The second-order valence-corrected chi connectivity index (χ2v) is 5.34. The highest BCUT2D eigenvalue weighted by Gasteiger charge is 2.09. The zero-order chi connectivity index (χ0) is 16.4. The van der Waals surface area contributed by atoms with Crippen LogP contribution in [0.5, 0.6) is 0 Å². The van der Waals surface area contributed by atoms with Crippen molar-refractivity contribution >= 4 is 6.29 Å². The molecule has 0 unspecified atom stereocenters. The van der Waals surface area contributed by atoms with Gasteiger partial charge in [-0.3, -0.25) is 4.79 Å². The van der Waals surface area contributed by atoms with Gasteiger partial charge in [-0.15, -0.1) is 0 Å². The van der Waals surface area contributed by atoms with Crippen LogP contribution in [-0.4, -0.2) is 25.8 Å². The maximum Gasteiger partial charge on any atom is 0.150 e. The van der Waals surface area contributed by atoms with Gasteiger partial charge in [0.15, 0.2) is 0 Å². The largest absolute Gasteiger partial charge is 0.298 e. The van der Waals surface area contributed by atoms with Crippen LogP contribution in [0.15, 0.2) is 79.4 Å². The van der Waals surface area contributed by atoms with Crippen LogP contribution in [0.25, 0.3) is 22.5 Å². The Bertz CT molecular complexity index is 955. The molecule has 116 valence electrons. The topological polar surface area (TPSA) is 52.7 Å². The molecule has 0 radical (unpaired) electrons. The zero-order valence-electron chi connectivity index (χ0n) is 12.8. The number of aldehydes is 1. The Balaban J connectivity index is 1.81. The molecule has 0 aliphatic heterocycles. The van der Waals surface area contributed by atoms with Gasteiger partial charge in [-0.05, 0) is 48.0 Å². The average Bonchev–Trinajstić information content (AvgIpc) is 3.35. The Morgan fingerprint density at radius 3 is 2.17 bits per heavy atom. The predicted octanol–water partition coefficient (Wildman–Crippen LogP) is 3.54. The van der Waals surface area contributed by atoms with E-state index in [0.29, 0.717) is 5.56 Å². The van der Waals surface area contributed by atoms with E-state index in [1.807, 2.05) is 60.9 Å². The van der Waals surface area contributed by atoms with Crippen molar-refractivity contribution in [2.45, 2.75) is 0 Å². The minimum absolute atomic E-state index is 0.636. The second-order valence-electron chi connectivity index (χ2n) is 5.34. The van der Waals surface area contributed by atoms with Gasteiger partial charge >= 0.3 is 0 Å². The van der Waals surface area contributed by atoms with Crippen molar-refractivity contribution in [3.8, 4) is 22.5 Å². The van der Waals surface area contributed by atoms with Crippen LogP contribution in [-0.2, 0) is 0 Å². The molecule has 0 bridgehead atoms. The van der Waals surface area contributed by atoms with Crippen molar-refractivity contribution in [1.82, 2.24) is 19.6 Å². The molecule has 4 aromatic rings. The van der Waals surface area contributed by atoms with Crippen molar-refractivity contribution < 1.29 is 4.79 Å². The van der Waals surface area contributed by atoms with Crippen molar-refractivity contribution in [3.05, 3.63) is 84.9 Å². The number of rotatable bonds is 4. The number of benzene rings is 2. The van der Waals surface area contributed by atoms with Gasteiger partial charge < -0.3 is 0 Å². The van der Waals surface area contributed by atoms with E-state index in [-0.39, 0.29) is 0 Å². The fourth-order valence-electron chi connectivity index (χ4n) is 2.68. The summed E-state index contributed by atoms with van der Waals surface area (Å²) in [5, 5.41) is 8.53. The van der Waals surface area contributed by atoms with E-state index in [4.69, 9.17) is 0 Å². The van der Waals surface area contributed by atoms with E-state index < -0.39 is 0 Å².